The third-order valence-corrected chi connectivity index (χ3v) is 2.63. The zero-order valence-corrected chi connectivity index (χ0v) is 11.1. The number of urea groups is 1. The molecule has 1 heterocycles. The first-order chi connectivity index (χ1) is 9.02. The summed E-state index contributed by atoms with van der Waals surface area (Å²) in [6.45, 7) is 4.07. The molecule has 2 amide bonds. The number of hydrogen-bond acceptors (Lipinski definition) is 4. The van der Waals surface area contributed by atoms with Crippen molar-refractivity contribution in [3.8, 4) is 0 Å². The van der Waals surface area contributed by atoms with E-state index in [0.717, 1.165) is 12.2 Å². The van der Waals surface area contributed by atoms with Gasteiger partial charge in [0.1, 0.15) is 5.76 Å². The number of oxazole rings is 1. The molecule has 0 aliphatic rings. The molecule has 0 bridgehead atoms. The molecule has 7 heteroatoms. The van der Waals surface area contributed by atoms with Crippen molar-refractivity contribution in [3.63, 3.8) is 0 Å². The number of carboxylic acid groups (broad SMARTS) is 1. The number of aromatic nitrogens is 1. The number of aryl methyl sites for hydroxylation is 1. The fourth-order valence-electron chi connectivity index (χ4n) is 1.34. The predicted molar refractivity (Wildman–Crippen MR) is 67.5 cm³/mol. The molecule has 19 heavy (non-hydrogen) atoms. The van der Waals surface area contributed by atoms with Gasteiger partial charge in [0, 0.05) is 13.0 Å². The maximum absolute atomic E-state index is 11.4. The zero-order valence-electron chi connectivity index (χ0n) is 11.1. The van der Waals surface area contributed by atoms with E-state index in [-0.39, 0.29) is 12.6 Å². The molecule has 3 N–H and O–H groups in total. The number of carboxylic acids is 1. The SMILES string of the molecule is CCc1cnc(CNC(=O)NCCC(C)C(=O)O)o1. The van der Waals surface area contributed by atoms with Crippen molar-refractivity contribution in [2.75, 3.05) is 6.54 Å². The summed E-state index contributed by atoms with van der Waals surface area (Å²) >= 11 is 0. The first kappa shape index (κ1) is 15.0. The van der Waals surface area contributed by atoms with Crippen LogP contribution in [-0.2, 0) is 17.8 Å². The third kappa shape index (κ3) is 5.41. The molecule has 1 atom stereocenters. The summed E-state index contributed by atoms with van der Waals surface area (Å²) in [5, 5.41) is 13.8. The molecule has 0 saturated heterocycles. The molecule has 0 aliphatic carbocycles. The van der Waals surface area contributed by atoms with Crippen molar-refractivity contribution in [1.82, 2.24) is 15.6 Å². The van der Waals surface area contributed by atoms with E-state index >= 15 is 0 Å². The zero-order chi connectivity index (χ0) is 14.3. The Bertz CT molecular complexity index is 430. The van der Waals surface area contributed by atoms with Crippen LogP contribution in [0.25, 0.3) is 0 Å². The lowest BCUT2D eigenvalue weighted by atomic mass is 10.1. The molecule has 0 spiro atoms. The molecular formula is C12H19N3O4. The van der Waals surface area contributed by atoms with Gasteiger partial charge in [0.25, 0.3) is 0 Å². The van der Waals surface area contributed by atoms with Gasteiger partial charge in [0.05, 0.1) is 18.7 Å². The Labute approximate surface area is 111 Å². The molecule has 0 radical (unpaired) electrons. The molecule has 1 unspecified atom stereocenters. The van der Waals surface area contributed by atoms with Gasteiger partial charge in [-0.05, 0) is 6.42 Å². The number of nitrogens with one attached hydrogen (secondary N) is 2. The van der Waals surface area contributed by atoms with Crippen molar-refractivity contribution in [2.24, 2.45) is 5.92 Å². The third-order valence-electron chi connectivity index (χ3n) is 2.63. The number of rotatable bonds is 7. The molecule has 1 rings (SSSR count). The highest BCUT2D eigenvalue weighted by Crippen LogP contribution is 2.03. The van der Waals surface area contributed by atoms with Gasteiger partial charge in [-0.2, -0.15) is 0 Å². The first-order valence-corrected chi connectivity index (χ1v) is 6.21. The van der Waals surface area contributed by atoms with E-state index in [0.29, 0.717) is 18.9 Å². The van der Waals surface area contributed by atoms with Crippen LogP contribution in [0, 0.1) is 5.92 Å². The van der Waals surface area contributed by atoms with Crippen molar-refractivity contribution < 1.29 is 19.1 Å². The van der Waals surface area contributed by atoms with Crippen LogP contribution in [0.15, 0.2) is 10.6 Å². The van der Waals surface area contributed by atoms with Crippen LogP contribution in [0.1, 0.15) is 31.9 Å². The number of amides is 2. The first-order valence-electron chi connectivity index (χ1n) is 6.21. The topological polar surface area (TPSA) is 104 Å². The Balaban J connectivity index is 2.19. The van der Waals surface area contributed by atoms with E-state index in [1.165, 1.54) is 0 Å². The molecular weight excluding hydrogens is 250 g/mol. The predicted octanol–water partition coefficient (Wildman–Crippen LogP) is 1.15. The van der Waals surface area contributed by atoms with Crippen LogP contribution in [0.4, 0.5) is 4.79 Å². The summed E-state index contributed by atoms with van der Waals surface area (Å²) in [5.74, 6) is -0.119. The molecule has 0 aliphatic heterocycles. The van der Waals surface area contributed by atoms with E-state index in [1.807, 2.05) is 6.92 Å². The lowest BCUT2D eigenvalue weighted by molar-refractivity contribution is -0.141. The number of carbonyl (C=O) groups excluding carboxylic acids is 1. The van der Waals surface area contributed by atoms with E-state index in [9.17, 15) is 9.59 Å². The molecule has 1 aromatic rings. The smallest absolute Gasteiger partial charge is 0.315 e. The summed E-state index contributed by atoms with van der Waals surface area (Å²) in [5.41, 5.74) is 0. The van der Waals surface area contributed by atoms with E-state index in [2.05, 4.69) is 15.6 Å². The number of nitrogens with zero attached hydrogens (tertiary/aromatic N) is 1. The Morgan fingerprint density at radius 2 is 2.21 bits per heavy atom. The van der Waals surface area contributed by atoms with Gasteiger partial charge in [-0.15, -0.1) is 0 Å². The summed E-state index contributed by atoms with van der Waals surface area (Å²) in [4.78, 5) is 26.0. The fourth-order valence-corrected chi connectivity index (χ4v) is 1.34. The van der Waals surface area contributed by atoms with Crippen LogP contribution < -0.4 is 10.6 Å². The Hall–Kier alpha value is -2.05. The quantitative estimate of drug-likeness (QED) is 0.688. The minimum absolute atomic E-state index is 0.209. The number of aliphatic carboxylic acids is 1. The van der Waals surface area contributed by atoms with E-state index in [4.69, 9.17) is 9.52 Å². The average Bonchev–Trinajstić information content (AvgIpc) is 2.84. The Morgan fingerprint density at radius 1 is 1.47 bits per heavy atom. The standard InChI is InChI=1S/C12H19N3O4/c1-3-9-6-14-10(19-9)7-15-12(18)13-5-4-8(2)11(16)17/h6,8H,3-5,7H2,1-2H3,(H,16,17)(H2,13,15,18). The Kier molecular flexibility index (Phi) is 5.84. The highest BCUT2D eigenvalue weighted by Gasteiger charge is 2.11. The minimum Gasteiger partial charge on any atom is -0.481 e. The van der Waals surface area contributed by atoms with Gasteiger partial charge in [0.15, 0.2) is 0 Å². The largest absolute Gasteiger partial charge is 0.481 e. The molecule has 0 fully saturated rings. The molecule has 0 saturated carbocycles. The van der Waals surface area contributed by atoms with Gasteiger partial charge in [-0.3, -0.25) is 4.79 Å². The van der Waals surface area contributed by atoms with Crippen LogP contribution in [-0.4, -0.2) is 28.6 Å². The van der Waals surface area contributed by atoms with E-state index in [1.54, 1.807) is 13.1 Å². The molecule has 0 aromatic carbocycles. The Morgan fingerprint density at radius 3 is 2.79 bits per heavy atom. The highest BCUT2D eigenvalue weighted by molar-refractivity contribution is 5.74. The van der Waals surface area contributed by atoms with Gasteiger partial charge in [-0.1, -0.05) is 13.8 Å². The maximum atomic E-state index is 11.4. The van der Waals surface area contributed by atoms with Crippen molar-refractivity contribution in [1.29, 1.82) is 0 Å². The monoisotopic (exact) mass is 269 g/mol. The molecule has 106 valence electrons. The maximum Gasteiger partial charge on any atom is 0.315 e. The lowest BCUT2D eigenvalue weighted by Gasteiger charge is -2.08. The van der Waals surface area contributed by atoms with Crippen molar-refractivity contribution in [3.05, 3.63) is 17.8 Å². The summed E-state index contributed by atoms with van der Waals surface area (Å²) in [7, 11) is 0. The molecule has 1 aromatic heterocycles. The van der Waals surface area contributed by atoms with Gasteiger partial charge < -0.3 is 20.2 Å². The minimum atomic E-state index is -0.867. The summed E-state index contributed by atoms with van der Waals surface area (Å²) in [6.07, 6.45) is 2.78. The summed E-state index contributed by atoms with van der Waals surface area (Å²) < 4.78 is 5.33. The molecule has 7 nitrogen and oxygen atoms in total. The van der Waals surface area contributed by atoms with Crippen LogP contribution in [0.2, 0.25) is 0 Å². The normalized spacial score (nSPS) is 11.9. The highest BCUT2D eigenvalue weighted by atomic mass is 16.4. The van der Waals surface area contributed by atoms with Crippen molar-refractivity contribution in [2.45, 2.75) is 33.2 Å². The van der Waals surface area contributed by atoms with Gasteiger partial charge >= 0.3 is 12.0 Å². The second kappa shape index (κ2) is 7.40. The van der Waals surface area contributed by atoms with Crippen LogP contribution in [0.5, 0.6) is 0 Å². The van der Waals surface area contributed by atoms with E-state index < -0.39 is 11.9 Å². The van der Waals surface area contributed by atoms with Gasteiger partial charge in [0.2, 0.25) is 5.89 Å². The van der Waals surface area contributed by atoms with Crippen LogP contribution >= 0.6 is 0 Å². The second-order valence-electron chi connectivity index (χ2n) is 4.21. The number of hydrogen-bond donors (Lipinski definition) is 3. The van der Waals surface area contributed by atoms with Gasteiger partial charge in [-0.25, -0.2) is 9.78 Å². The fraction of sp³-hybridized carbons (Fsp3) is 0.583. The average molecular weight is 269 g/mol. The summed E-state index contributed by atoms with van der Waals surface area (Å²) in [6, 6.07) is -0.367. The van der Waals surface area contributed by atoms with Crippen molar-refractivity contribution >= 4 is 12.0 Å². The second-order valence-corrected chi connectivity index (χ2v) is 4.21. The van der Waals surface area contributed by atoms with Crippen LogP contribution in [0.3, 0.4) is 0 Å². The lowest BCUT2D eigenvalue weighted by Crippen LogP contribution is -2.36. The number of carbonyl (C=O) groups is 2.